The zero-order chi connectivity index (χ0) is 29.7. The average Bonchev–Trinajstić information content (AvgIpc) is 3.38. The van der Waals surface area contributed by atoms with Crippen LogP contribution in [0.1, 0.15) is 12.0 Å². The summed E-state index contributed by atoms with van der Waals surface area (Å²) in [6, 6.07) is 19.3. The highest BCUT2D eigenvalue weighted by Crippen LogP contribution is 2.39. The Morgan fingerprint density at radius 3 is 2.45 bits per heavy atom. The number of hydrogen-bond acceptors (Lipinski definition) is 11. The van der Waals surface area contributed by atoms with Gasteiger partial charge in [0, 0.05) is 23.7 Å². The van der Waals surface area contributed by atoms with Gasteiger partial charge >= 0.3 is 10.9 Å². The van der Waals surface area contributed by atoms with E-state index in [1.807, 2.05) is 6.07 Å². The molecule has 1 aromatic heterocycles. The number of hydrogen-bond donors (Lipinski definition) is 2. The van der Waals surface area contributed by atoms with Gasteiger partial charge in [0.1, 0.15) is 5.75 Å². The summed E-state index contributed by atoms with van der Waals surface area (Å²) in [4.78, 5) is 12.4. The number of rotatable bonds is 11. The minimum atomic E-state index is -4.23. The van der Waals surface area contributed by atoms with Gasteiger partial charge in [-0.15, -0.1) is 0 Å². The van der Waals surface area contributed by atoms with E-state index in [9.17, 15) is 23.5 Å². The topological polar surface area (TPSA) is 173 Å². The molecule has 0 fully saturated rings. The number of methoxy groups -OCH3 is 1. The predicted octanol–water partition coefficient (Wildman–Crippen LogP) is 2.73. The van der Waals surface area contributed by atoms with E-state index in [4.69, 9.17) is 18.9 Å². The van der Waals surface area contributed by atoms with Crippen molar-refractivity contribution in [2.45, 2.75) is 22.6 Å². The standard InChI is InChI=1S/C28H25N3O10S/c1-37-23-16-18-15-21(25(32)29-19-9-4-2-5-10-19)28(33)40-22(18)17-24(23)38-13-8-14-39-26-27(31(34)41-30-26)42(35,36)20-11-6-3-7-12-20/h2-7,9-12,15-17,28,33H,8,13-14H2,1H3,(H,29,32). The zero-order valence-corrected chi connectivity index (χ0v) is 22.9. The van der Waals surface area contributed by atoms with Crippen molar-refractivity contribution < 1.29 is 46.8 Å². The molecular formula is C28H25N3O10S. The molecule has 0 saturated heterocycles. The molecule has 0 aliphatic carbocycles. The maximum absolute atomic E-state index is 12.9. The van der Waals surface area contributed by atoms with Crippen LogP contribution >= 0.6 is 0 Å². The van der Waals surface area contributed by atoms with Crippen molar-refractivity contribution in [1.29, 1.82) is 0 Å². The van der Waals surface area contributed by atoms with Crippen LogP contribution < -0.4 is 29.2 Å². The Morgan fingerprint density at radius 2 is 1.74 bits per heavy atom. The highest BCUT2D eigenvalue weighted by molar-refractivity contribution is 7.91. The van der Waals surface area contributed by atoms with Gasteiger partial charge in [0.15, 0.2) is 11.5 Å². The van der Waals surface area contributed by atoms with Gasteiger partial charge in [-0.05, 0) is 41.3 Å². The summed E-state index contributed by atoms with van der Waals surface area (Å²) >= 11 is 0. The van der Waals surface area contributed by atoms with E-state index < -0.39 is 32.9 Å². The van der Waals surface area contributed by atoms with Crippen molar-refractivity contribution >= 4 is 27.5 Å². The van der Waals surface area contributed by atoms with Gasteiger partial charge in [-0.2, -0.15) is 0 Å². The van der Waals surface area contributed by atoms with Crippen LogP contribution in [-0.4, -0.2) is 51.2 Å². The lowest BCUT2D eigenvalue weighted by Gasteiger charge is -2.24. The Bertz CT molecular complexity index is 1710. The van der Waals surface area contributed by atoms with Crippen LogP contribution in [0.25, 0.3) is 6.08 Å². The first-order valence-corrected chi connectivity index (χ1v) is 14.1. The zero-order valence-electron chi connectivity index (χ0n) is 22.1. The van der Waals surface area contributed by atoms with E-state index in [0.29, 0.717) is 22.7 Å². The van der Waals surface area contributed by atoms with Gasteiger partial charge in [-0.1, -0.05) is 36.4 Å². The fourth-order valence-corrected chi connectivity index (χ4v) is 5.31. The molecule has 1 atom stereocenters. The molecule has 14 heteroatoms. The fourth-order valence-electron chi connectivity index (χ4n) is 4.02. The number of aliphatic hydroxyl groups excluding tert-OH is 1. The highest BCUT2D eigenvalue weighted by Gasteiger charge is 2.35. The summed E-state index contributed by atoms with van der Waals surface area (Å²) in [6.45, 7) is 0.0310. The van der Waals surface area contributed by atoms with Crippen molar-refractivity contribution in [2.24, 2.45) is 0 Å². The van der Waals surface area contributed by atoms with E-state index in [1.54, 1.807) is 36.4 Å². The summed E-state index contributed by atoms with van der Waals surface area (Å²) in [7, 11) is -2.79. The second kappa shape index (κ2) is 12.2. The molecule has 4 aromatic rings. The molecule has 2 heterocycles. The number of sulfone groups is 1. The van der Waals surface area contributed by atoms with Crippen molar-refractivity contribution in [3.05, 3.63) is 89.1 Å². The van der Waals surface area contributed by atoms with Gasteiger partial charge in [-0.25, -0.2) is 8.42 Å². The third kappa shape index (κ3) is 5.99. The van der Waals surface area contributed by atoms with Gasteiger partial charge < -0.3 is 34.6 Å². The Balaban J connectivity index is 1.22. The highest BCUT2D eigenvalue weighted by atomic mass is 32.2. The third-order valence-corrected chi connectivity index (χ3v) is 7.77. The number of nitrogens with one attached hydrogen (secondary N) is 1. The van der Waals surface area contributed by atoms with E-state index in [0.717, 1.165) is 0 Å². The number of fused-ring (bicyclic) bond motifs is 1. The SMILES string of the molecule is COc1cc2c(cc1OCCCOc1no[n+]([O-])c1S(=O)(=O)c1ccccc1)OC(O)C(C(=O)Nc1ccccc1)=C2. The second-order valence-corrected chi connectivity index (χ2v) is 10.7. The maximum atomic E-state index is 12.9. The molecule has 1 amide bonds. The van der Waals surface area contributed by atoms with Crippen LogP contribution in [0.5, 0.6) is 23.1 Å². The van der Waals surface area contributed by atoms with Crippen LogP contribution in [-0.2, 0) is 14.6 Å². The van der Waals surface area contributed by atoms with Gasteiger partial charge in [0.2, 0.25) is 6.29 Å². The number of aromatic nitrogens is 2. The van der Waals surface area contributed by atoms with Crippen LogP contribution in [0, 0.1) is 5.21 Å². The number of aliphatic hydroxyl groups is 1. The first kappa shape index (κ1) is 28.4. The predicted molar refractivity (Wildman–Crippen MR) is 146 cm³/mol. The Kier molecular flexibility index (Phi) is 8.26. The lowest BCUT2D eigenvalue weighted by Crippen LogP contribution is -2.31. The number of nitrogens with zero attached hydrogens (tertiary/aromatic N) is 2. The lowest BCUT2D eigenvalue weighted by atomic mass is 10.0. The second-order valence-electron chi connectivity index (χ2n) is 8.84. The minimum absolute atomic E-state index is 0.0140. The summed E-state index contributed by atoms with van der Waals surface area (Å²) < 4.78 is 52.4. The van der Waals surface area contributed by atoms with Crippen molar-refractivity contribution in [3.8, 4) is 23.1 Å². The van der Waals surface area contributed by atoms with Crippen LogP contribution in [0.4, 0.5) is 5.69 Å². The van der Waals surface area contributed by atoms with Gasteiger partial charge in [0.25, 0.3) is 15.7 Å². The molecule has 1 unspecified atom stereocenters. The molecule has 1 aliphatic rings. The van der Waals surface area contributed by atoms with E-state index in [2.05, 4.69) is 15.1 Å². The van der Waals surface area contributed by atoms with Crippen LogP contribution in [0.15, 0.2) is 92.9 Å². The molecule has 1 aliphatic heterocycles. The van der Waals surface area contributed by atoms with Gasteiger partial charge in [0.05, 0.1) is 35.9 Å². The molecule has 42 heavy (non-hydrogen) atoms. The average molecular weight is 596 g/mol. The summed E-state index contributed by atoms with van der Waals surface area (Å²) in [5.74, 6) is -0.0901. The Labute approximate surface area is 240 Å². The van der Waals surface area contributed by atoms with Gasteiger partial charge in [-0.3, -0.25) is 9.42 Å². The van der Waals surface area contributed by atoms with E-state index >= 15 is 0 Å². The van der Waals surface area contributed by atoms with E-state index in [1.165, 1.54) is 43.5 Å². The molecule has 2 N–H and O–H groups in total. The number of amides is 1. The number of ether oxygens (including phenoxy) is 4. The molecule has 0 spiro atoms. The molecule has 0 saturated carbocycles. The first-order valence-electron chi connectivity index (χ1n) is 12.6. The Morgan fingerprint density at radius 1 is 1.05 bits per heavy atom. The molecule has 5 rings (SSSR count). The molecular weight excluding hydrogens is 570 g/mol. The number of benzene rings is 3. The molecule has 0 bridgehead atoms. The maximum Gasteiger partial charge on any atom is 0.414 e. The molecule has 3 aromatic carbocycles. The molecule has 0 radical (unpaired) electrons. The lowest BCUT2D eigenvalue weighted by molar-refractivity contribution is -0.832. The summed E-state index contributed by atoms with van der Waals surface area (Å²) in [6.07, 6.45) is 0.246. The quantitative estimate of drug-likeness (QED) is 0.193. The normalized spacial score (nSPS) is 14.2. The fraction of sp³-hybridized carbons (Fsp3) is 0.179. The number of anilines is 1. The monoisotopic (exact) mass is 595 g/mol. The van der Waals surface area contributed by atoms with E-state index in [-0.39, 0.29) is 40.8 Å². The first-order chi connectivity index (χ1) is 20.3. The van der Waals surface area contributed by atoms with Crippen molar-refractivity contribution in [1.82, 2.24) is 5.16 Å². The van der Waals surface area contributed by atoms with Crippen molar-refractivity contribution in [3.63, 3.8) is 0 Å². The Hall–Kier alpha value is -5.08. The molecule has 13 nitrogen and oxygen atoms in total. The van der Waals surface area contributed by atoms with Crippen LogP contribution in [0.2, 0.25) is 0 Å². The van der Waals surface area contributed by atoms with Crippen molar-refractivity contribution in [2.75, 3.05) is 25.6 Å². The number of para-hydroxylation sites is 1. The molecule has 218 valence electrons. The number of carbonyl (C=O) groups is 1. The minimum Gasteiger partial charge on any atom is -0.493 e. The smallest absolute Gasteiger partial charge is 0.414 e. The summed E-state index contributed by atoms with van der Waals surface area (Å²) in [5.41, 5.74) is 1.08. The van der Waals surface area contributed by atoms with Crippen LogP contribution in [0.3, 0.4) is 0 Å². The number of carbonyl (C=O) groups excluding carboxylic acids is 1. The largest absolute Gasteiger partial charge is 0.493 e. The summed E-state index contributed by atoms with van der Waals surface area (Å²) in [5, 5.41) is 27.9. The third-order valence-electron chi connectivity index (χ3n) is 6.05.